The van der Waals surface area contributed by atoms with Gasteiger partial charge >= 0.3 is 16.4 Å². The summed E-state index contributed by atoms with van der Waals surface area (Å²) in [6.45, 7) is 0.0541. The molecular formula is C12H16N6O7S2. The number of hydrogen-bond donors (Lipinski definition) is 4. The van der Waals surface area contributed by atoms with Crippen LogP contribution < -0.4 is 16.6 Å². The van der Waals surface area contributed by atoms with Gasteiger partial charge in [0.05, 0.1) is 18.2 Å². The van der Waals surface area contributed by atoms with Gasteiger partial charge in [-0.15, -0.1) is 15.6 Å². The molecule has 15 heteroatoms. The highest BCUT2D eigenvalue weighted by atomic mass is 32.3. The Kier molecular flexibility index (Phi) is 5.18. The van der Waals surface area contributed by atoms with E-state index in [4.69, 9.17) is 10.3 Å². The molecular weight excluding hydrogens is 404 g/mol. The molecule has 3 heterocycles. The van der Waals surface area contributed by atoms with Gasteiger partial charge in [-0.1, -0.05) is 0 Å². The second-order valence-corrected chi connectivity index (χ2v) is 7.80. The van der Waals surface area contributed by atoms with Crippen molar-refractivity contribution in [2.75, 3.05) is 12.3 Å². The van der Waals surface area contributed by atoms with Crippen LogP contribution >= 0.6 is 11.3 Å². The van der Waals surface area contributed by atoms with E-state index in [0.29, 0.717) is 15.9 Å². The van der Waals surface area contributed by atoms with Gasteiger partial charge in [0.1, 0.15) is 6.04 Å². The minimum Gasteiger partial charge on any atom is -0.375 e. The second kappa shape index (κ2) is 7.26. The SMILES string of the molecule is Nc1nc(CC(=O)NNC(=O)[C@@H]2CCC3CN2C(=O)N3OS(=O)(=O)O)cs1. The van der Waals surface area contributed by atoms with Gasteiger partial charge in [-0.2, -0.15) is 13.5 Å². The fourth-order valence-electron chi connectivity index (χ4n) is 2.93. The van der Waals surface area contributed by atoms with Crippen LogP contribution in [0.15, 0.2) is 5.38 Å². The van der Waals surface area contributed by atoms with E-state index < -0.39 is 40.3 Å². The third-order valence-electron chi connectivity index (χ3n) is 4.04. The maximum atomic E-state index is 12.3. The molecule has 0 aromatic carbocycles. The number of nitrogens with one attached hydrogen (secondary N) is 2. The lowest BCUT2D eigenvalue weighted by atomic mass is 10.0. The van der Waals surface area contributed by atoms with Gasteiger partial charge in [0.2, 0.25) is 5.91 Å². The van der Waals surface area contributed by atoms with Crippen molar-refractivity contribution in [1.29, 1.82) is 0 Å². The van der Waals surface area contributed by atoms with E-state index in [1.165, 1.54) is 11.3 Å². The minimum atomic E-state index is -4.86. The van der Waals surface area contributed by atoms with Crippen molar-refractivity contribution in [2.45, 2.75) is 31.3 Å². The third-order valence-corrected chi connectivity index (χ3v) is 5.11. The molecule has 0 aliphatic carbocycles. The lowest BCUT2D eigenvalue weighted by Gasteiger charge is -2.29. The summed E-state index contributed by atoms with van der Waals surface area (Å²) in [5.41, 5.74) is 10.4. The van der Waals surface area contributed by atoms with E-state index in [0.717, 1.165) is 4.90 Å². The number of hydrogen-bond acceptors (Lipinski definition) is 9. The van der Waals surface area contributed by atoms with Gasteiger partial charge in [-0.3, -0.25) is 25.0 Å². The highest BCUT2D eigenvalue weighted by molar-refractivity contribution is 7.80. The number of anilines is 1. The number of nitrogen functional groups attached to an aromatic ring is 1. The summed E-state index contributed by atoms with van der Waals surface area (Å²) < 4.78 is 34.7. The van der Waals surface area contributed by atoms with Crippen molar-refractivity contribution in [3.8, 4) is 0 Å². The number of rotatable bonds is 5. The molecule has 2 aliphatic heterocycles. The Balaban J connectivity index is 1.55. The summed E-state index contributed by atoms with van der Waals surface area (Å²) in [6, 6.07) is -2.38. The number of amides is 4. The number of urea groups is 1. The van der Waals surface area contributed by atoms with Crippen molar-refractivity contribution < 1.29 is 31.6 Å². The van der Waals surface area contributed by atoms with Crippen LogP contribution in [0.1, 0.15) is 18.5 Å². The first-order valence-electron chi connectivity index (χ1n) is 7.69. The Morgan fingerprint density at radius 3 is 2.78 bits per heavy atom. The van der Waals surface area contributed by atoms with E-state index in [1.54, 1.807) is 5.38 Å². The zero-order valence-electron chi connectivity index (χ0n) is 13.7. The number of thiazole rings is 1. The molecule has 2 aliphatic rings. The average molecular weight is 420 g/mol. The summed E-state index contributed by atoms with van der Waals surface area (Å²) in [4.78, 5) is 41.4. The van der Waals surface area contributed by atoms with Gasteiger partial charge < -0.3 is 10.6 Å². The zero-order chi connectivity index (χ0) is 19.8. The van der Waals surface area contributed by atoms with Crippen molar-refractivity contribution in [2.24, 2.45) is 0 Å². The Morgan fingerprint density at radius 2 is 2.15 bits per heavy atom. The molecule has 0 saturated carbocycles. The average Bonchev–Trinajstić information content (AvgIpc) is 3.09. The number of nitrogens with zero attached hydrogens (tertiary/aromatic N) is 3. The van der Waals surface area contributed by atoms with E-state index in [9.17, 15) is 22.8 Å². The molecule has 13 nitrogen and oxygen atoms in total. The summed E-state index contributed by atoms with van der Waals surface area (Å²) in [5.74, 6) is -1.16. The zero-order valence-corrected chi connectivity index (χ0v) is 15.3. The van der Waals surface area contributed by atoms with Crippen LogP contribution in [0, 0.1) is 0 Å². The molecule has 0 spiro atoms. The number of hydrazine groups is 1. The maximum absolute atomic E-state index is 12.3. The van der Waals surface area contributed by atoms with Crippen LogP contribution in [-0.2, 0) is 30.7 Å². The van der Waals surface area contributed by atoms with Gasteiger partial charge in [0.25, 0.3) is 5.91 Å². The van der Waals surface area contributed by atoms with Gasteiger partial charge in [0, 0.05) is 11.9 Å². The fourth-order valence-corrected chi connectivity index (χ4v) is 3.88. The van der Waals surface area contributed by atoms with E-state index in [-0.39, 0.29) is 25.8 Å². The molecule has 5 N–H and O–H groups in total. The van der Waals surface area contributed by atoms with Crippen molar-refractivity contribution in [1.82, 2.24) is 25.8 Å². The monoisotopic (exact) mass is 420 g/mol. The lowest BCUT2D eigenvalue weighted by molar-refractivity contribution is -0.131. The van der Waals surface area contributed by atoms with Gasteiger partial charge in [0.15, 0.2) is 5.13 Å². The molecule has 2 fully saturated rings. The predicted octanol–water partition coefficient (Wildman–Crippen LogP) is -1.58. The van der Waals surface area contributed by atoms with E-state index in [1.807, 2.05) is 0 Å². The van der Waals surface area contributed by atoms with Gasteiger partial charge in [-0.25, -0.2) is 9.78 Å². The highest BCUT2D eigenvalue weighted by Gasteiger charge is 2.49. The fraction of sp³-hybridized carbons (Fsp3) is 0.500. The molecule has 148 valence electrons. The highest BCUT2D eigenvalue weighted by Crippen LogP contribution is 2.30. The maximum Gasteiger partial charge on any atom is 0.418 e. The lowest BCUT2D eigenvalue weighted by Crippen LogP contribution is -2.54. The molecule has 0 radical (unpaired) electrons. The normalized spacial score (nSPS) is 22.0. The Labute approximate surface area is 157 Å². The smallest absolute Gasteiger partial charge is 0.375 e. The summed E-state index contributed by atoms with van der Waals surface area (Å²) in [6.07, 6.45) is 0.424. The van der Waals surface area contributed by atoms with Crippen LogP contribution in [0.2, 0.25) is 0 Å². The topological polar surface area (TPSA) is 184 Å². The van der Waals surface area contributed by atoms with E-state index >= 15 is 0 Å². The molecule has 27 heavy (non-hydrogen) atoms. The first kappa shape index (κ1) is 19.3. The molecule has 2 saturated heterocycles. The predicted molar refractivity (Wildman–Crippen MR) is 89.9 cm³/mol. The number of fused-ring (bicyclic) bond motifs is 2. The first-order valence-corrected chi connectivity index (χ1v) is 9.94. The van der Waals surface area contributed by atoms with Gasteiger partial charge in [-0.05, 0) is 12.8 Å². The van der Waals surface area contributed by atoms with Crippen molar-refractivity contribution in [3.63, 3.8) is 0 Å². The summed E-state index contributed by atoms with van der Waals surface area (Å²) in [7, 11) is -4.86. The van der Waals surface area contributed by atoms with Crippen LogP contribution in [0.3, 0.4) is 0 Å². The minimum absolute atomic E-state index is 0.0541. The molecule has 2 bridgehead atoms. The number of carbonyl (C=O) groups excluding carboxylic acids is 3. The molecule has 1 aromatic heterocycles. The number of nitrogens with two attached hydrogens (primary N) is 1. The molecule has 2 atom stereocenters. The number of aromatic nitrogens is 1. The number of hydroxylamine groups is 2. The Morgan fingerprint density at radius 1 is 1.41 bits per heavy atom. The van der Waals surface area contributed by atoms with Crippen LogP contribution in [0.5, 0.6) is 0 Å². The number of piperidine rings is 1. The molecule has 1 aromatic rings. The summed E-state index contributed by atoms with van der Waals surface area (Å²) in [5, 5.41) is 2.47. The van der Waals surface area contributed by atoms with Crippen molar-refractivity contribution >= 4 is 44.7 Å². The number of carbonyl (C=O) groups is 3. The molecule has 4 amide bonds. The van der Waals surface area contributed by atoms with E-state index in [2.05, 4.69) is 20.1 Å². The van der Waals surface area contributed by atoms with Crippen molar-refractivity contribution in [3.05, 3.63) is 11.1 Å². The quantitative estimate of drug-likeness (QED) is 0.322. The Bertz CT molecular complexity index is 871. The standard InChI is InChI=1S/C12H16N6O7S2/c13-11-14-6(5-26-11)3-9(19)15-16-10(20)8-2-1-7-4-17(8)12(21)18(7)25-27(22,23)24/h5,7-8H,1-4H2,(H2,13,14)(H,15,19)(H,16,20)(H,22,23,24)/t7?,8-/m0/s1. The second-order valence-electron chi connectivity index (χ2n) is 5.90. The molecule has 1 unspecified atom stereocenters. The largest absolute Gasteiger partial charge is 0.418 e. The Hall–Kier alpha value is -2.49. The van der Waals surface area contributed by atoms with Crippen LogP contribution in [0.25, 0.3) is 0 Å². The first-order chi connectivity index (χ1) is 12.6. The molecule has 3 rings (SSSR count). The summed E-state index contributed by atoms with van der Waals surface area (Å²) >= 11 is 1.18. The van der Waals surface area contributed by atoms with Crippen LogP contribution in [0.4, 0.5) is 9.93 Å². The third kappa shape index (κ3) is 4.44. The van der Waals surface area contributed by atoms with Crippen LogP contribution in [-0.4, -0.2) is 64.4 Å².